The van der Waals surface area contributed by atoms with Gasteiger partial charge in [-0.2, -0.15) is 0 Å². The third-order valence-electron chi connectivity index (χ3n) is 4.71. The molecule has 1 aliphatic heterocycles. The second-order valence-corrected chi connectivity index (χ2v) is 6.63. The van der Waals surface area contributed by atoms with Crippen LogP contribution < -0.4 is 19.6 Å². The molecule has 0 spiro atoms. The van der Waals surface area contributed by atoms with E-state index in [9.17, 15) is 9.59 Å². The number of carbonyl (C=O) groups is 1. The molecule has 0 fully saturated rings. The fourth-order valence-electron chi connectivity index (χ4n) is 3.23. The summed E-state index contributed by atoms with van der Waals surface area (Å²) in [5.74, 6) is 1.60. The molecule has 7 nitrogen and oxygen atoms in total. The van der Waals surface area contributed by atoms with Crippen molar-refractivity contribution in [2.45, 2.75) is 6.10 Å². The highest BCUT2D eigenvalue weighted by atomic mass is 16.6. The van der Waals surface area contributed by atoms with Gasteiger partial charge in [0.15, 0.2) is 17.6 Å². The molecule has 0 saturated carbocycles. The van der Waals surface area contributed by atoms with E-state index in [1.165, 1.54) is 11.1 Å². The molecule has 144 valence electrons. The van der Waals surface area contributed by atoms with E-state index in [1.807, 2.05) is 24.3 Å². The Kier molecular flexibility index (Phi) is 4.65. The van der Waals surface area contributed by atoms with Crippen molar-refractivity contribution >= 4 is 16.8 Å². The number of pyridine rings is 1. The zero-order valence-electron chi connectivity index (χ0n) is 15.6. The highest BCUT2D eigenvalue weighted by Crippen LogP contribution is 2.31. The standard InChI is InChI=1S/C21H20N2O5/c1-23(11-14-12-27-18-5-3-4-6-19(18)28-14)21(25)16-10-22-17-9-13(26-2)7-8-15(17)20(16)24/h3-10,14H,11-12H2,1-2H3,(H,22,24)/t14-/m0/s1. The lowest BCUT2D eigenvalue weighted by Gasteiger charge is -2.29. The number of para-hydroxylation sites is 2. The average Bonchev–Trinajstić information content (AvgIpc) is 2.73. The van der Waals surface area contributed by atoms with Crippen LogP contribution in [0.15, 0.2) is 53.5 Å². The van der Waals surface area contributed by atoms with Crippen molar-refractivity contribution in [1.29, 1.82) is 0 Å². The van der Waals surface area contributed by atoms with Crippen LogP contribution in [0, 0.1) is 0 Å². The van der Waals surface area contributed by atoms with E-state index in [-0.39, 0.29) is 23.0 Å². The van der Waals surface area contributed by atoms with Crippen molar-refractivity contribution in [1.82, 2.24) is 9.88 Å². The molecule has 0 unspecified atom stereocenters. The van der Waals surface area contributed by atoms with E-state index >= 15 is 0 Å². The largest absolute Gasteiger partial charge is 0.497 e. The summed E-state index contributed by atoms with van der Waals surface area (Å²) < 4.78 is 16.7. The van der Waals surface area contributed by atoms with Crippen LogP contribution in [-0.4, -0.2) is 49.2 Å². The van der Waals surface area contributed by atoms with Gasteiger partial charge in [-0.05, 0) is 24.3 Å². The number of methoxy groups -OCH3 is 1. The van der Waals surface area contributed by atoms with Crippen molar-refractivity contribution in [3.8, 4) is 17.2 Å². The lowest BCUT2D eigenvalue weighted by Crippen LogP contribution is -2.42. The van der Waals surface area contributed by atoms with Crippen molar-refractivity contribution in [3.05, 3.63) is 64.4 Å². The zero-order chi connectivity index (χ0) is 19.7. The van der Waals surface area contributed by atoms with Gasteiger partial charge in [-0.3, -0.25) is 9.59 Å². The summed E-state index contributed by atoms with van der Waals surface area (Å²) in [5.41, 5.74) is 0.376. The Morgan fingerprint density at radius 3 is 2.82 bits per heavy atom. The second kappa shape index (κ2) is 7.26. The Bertz CT molecular complexity index is 1090. The first-order chi connectivity index (χ1) is 13.6. The molecule has 1 amide bonds. The van der Waals surface area contributed by atoms with Crippen molar-refractivity contribution < 1.29 is 19.0 Å². The van der Waals surface area contributed by atoms with Gasteiger partial charge in [-0.25, -0.2) is 0 Å². The molecule has 1 N–H and O–H groups in total. The van der Waals surface area contributed by atoms with Crippen LogP contribution in [0.25, 0.3) is 10.9 Å². The normalized spacial score (nSPS) is 15.3. The van der Waals surface area contributed by atoms with E-state index in [2.05, 4.69) is 4.98 Å². The third kappa shape index (κ3) is 3.26. The van der Waals surface area contributed by atoms with Gasteiger partial charge in [0, 0.05) is 24.7 Å². The van der Waals surface area contributed by atoms with Crippen molar-refractivity contribution in [2.24, 2.45) is 0 Å². The number of nitrogens with one attached hydrogen (secondary N) is 1. The molecule has 0 aliphatic carbocycles. The highest BCUT2D eigenvalue weighted by molar-refractivity contribution is 5.97. The smallest absolute Gasteiger partial charge is 0.259 e. The van der Waals surface area contributed by atoms with Gasteiger partial charge in [0.05, 0.1) is 19.2 Å². The number of rotatable bonds is 4. The highest BCUT2D eigenvalue weighted by Gasteiger charge is 2.25. The Morgan fingerprint density at radius 1 is 1.25 bits per heavy atom. The Labute approximate surface area is 161 Å². The SMILES string of the molecule is COc1ccc2c(=O)c(C(=O)N(C)C[C@H]3COc4ccccc4O3)c[nH]c2c1. The number of hydrogen-bond acceptors (Lipinski definition) is 5. The minimum Gasteiger partial charge on any atom is -0.497 e. The zero-order valence-corrected chi connectivity index (χ0v) is 15.6. The number of amides is 1. The lowest BCUT2D eigenvalue weighted by atomic mass is 10.1. The van der Waals surface area contributed by atoms with Crippen LogP contribution in [0.3, 0.4) is 0 Å². The number of aromatic amines is 1. The number of ether oxygens (including phenoxy) is 3. The predicted octanol–water partition coefficient (Wildman–Crippen LogP) is 2.45. The molecule has 0 radical (unpaired) electrons. The summed E-state index contributed by atoms with van der Waals surface area (Å²) in [6.45, 7) is 0.635. The minimum atomic E-state index is -0.374. The van der Waals surface area contributed by atoms with Gasteiger partial charge >= 0.3 is 0 Å². The van der Waals surface area contributed by atoms with Gasteiger partial charge in [-0.15, -0.1) is 0 Å². The van der Waals surface area contributed by atoms with Crippen LogP contribution in [0.4, 0.5) is 0 Å². The van der Waals surface area contributed by atoms with Gasteiger partial charge < -0.3 is 24.1 Å². The number of benzene rings is 2. The second-order valence-electron chi connectivity index (χ2n) is 6.63. The molecule has 1 atom stereocenters. The first-order valence-corrected chi connectivity index (χ1v) is 8.90. The van der Waals surface area contributed by atoms with E-state index in [0.29, 0.717) is 41.3 Å². The fraction of sp³-hybridized carbons (Fsp3) is 0.238. The van der Waals surface area contributed by atoms with E-state index < -0.39 is 0 Å². The predicted molar refractivity (Wildman–Crippen MR) is 104 cm³/mol. The molecule has 2 aromatic carbocycles. The minimum absolute atomic E-state index is 0.0808. The third-order valence-corrected chi connectivity index (χ3v) is 4.71. The van der Waals surface area contributed by atoms with Crippen LogP contribution in [0.1, 0.15) is 10.4 Å². The number of nitrogens with zero attached hydrogens (tertiary/aromatic N) is 1. The molecule has 2 heterocycles. The van der Waals surface area contributed by atoms with E-state index in [4.69, 9.17) is 14.2 Å². The summed E-state index contributed by atoms with van der Waals surface area (Å²) in [6, 6.07) is 12.5. The number of fused-ring (bicyclic) bond motifs is 2. The van der Waals surface area contributed by atoms with Crippen molar-refractivity contribution in [2.75, 3.05) is 27.3 Å². The first-order valence-electron chi connectivity index (χ1n) is 8.90. The molecule has 3 aromatic rings. The molecule has 28 heavy (non-hydrogen) atoms. The molecule has 1 aromatic heterocycles. The Hall–Kier alpha value is -3.48. The van der Waals surface area contributed by atoms with Gasteiger partial charge in [0.2, 0.25) is 5.43 Å². The monoisotopic (exact) mass is 380 g/mol. The van der Waals surface area contributed by atoms with Gasteiger partial charge in [0.1, 0.15) is 17.9 Å². The summed E-state index contributed by atoms with van der Waals surface area (Å²) in [5, 5.41) is 0.436. The number of carbonyl (C=O) groups excluding carboxylic acids is 1. The van der Waals surface area contributed by atoms with Crippen molar-refractivity contribution in [3.63, 3.8) is 0 Å². The number of hydrogen-bond donors (Lipinski definition) is 1. The number of H-pyrrole nitrogens is 1. The van der Waals surface area contributed by atoms with Gasteiger partial charge in [-0.1, -0.05) is 12.1 Å². The maximum Gasteiger partial charge on any atom is 0.259 e. The summed E-state index contributed by atoms with van der Waals surface area (Å²) in [6.07, 6.45) is 1.13. The quantitative estimate of drug-likeness (QED) is 0.752. The molecule has 4 rings (SSSR count). The first kappa shape index (κ1) is 17.9. The lowest BCUT2D eigenvalue weighted by molar-refractivity contribution is 0.0520. The van der Waals surface area contributed by atoms with Crippen LogP contribution >= 0.6 is 0 Å². The number of aromatic nitrogens is 1. The van der Waals surface area contributed by atoms with E-state index in [0.717, 1.165) is 0 Å². The maximum absolute atomic E-state index is 12.8. The molecule has 0 saturated heterocycles. The molecule has 1 aliphatic rings. The molecule has 0 bridgehead atoms. The van der Waals surface area contributed by atoms with Crippen LogP contribution in [0.2, 0.25) is 0 Å². The molecular weight excluding hydrogens is 360 g/mol. The Balaban J connectivity index is 1.53. The van der Waals surface area contributed by atoms with Crippen LogP contribution in [-0.2, 0) is 0 Å². The average molecular weight is 380 g/mol. The van der Waals surface area contributed by atoms with Crippen LogP contribution in [0.5, 0.6) is 17.2 Å². The summed E-state index contributed by atoms with van der Waals surface area (Å²) in [4.78, 5) is 30.1. The summed E-state index contributed by atoms with van der Waals surface area (Å²) >= 11 is 0. The molecular formula is C21H20N2O5. The molecule has 7 heteroatoms. The Morgan fingerprint density at radius 2 is 2.04 bits per heavy atom. The fourth-order valence-corrected chi connectivity index (χ4v) is 3.23. The maximum atomic E-state index is 12.8. The van der Waals surface area contributed by atoms with E-state index in [1.54, 1.807) is 32.4 Å². The van der Waals surface area contributed by atoms with Gasteiger partial charge in [0.25, 0.3) is 5.91 Å². The number of likely N-dealkylation sites (N-methyl/N-ethyl adjacent to an activating group) is 1. The summed E-state index contributed by atoms with van der Waals surface area (Å²) in [7, 11) is 3.20. The topological polar surface area (TPSA) is 80.9 Å².